The van der Waals surface area contributed by atoms with Crippen molar-refractivity contribution in [3.05, 3.63) is 0 Å². The van der Waals surface area contributed by atoms with Gasteiger partial charge in [-0.1, -0.05) is 0 Å². The van der Waals surface area contributed by atoms with Gasteiger partial charge in [0.1, 0.15) is 0 Å². The lowest BCUT2D eigenvalue weighted by Gasteiger charge is -2.22. The Morgan fingerprint density at radius 1 is 1.00 bits per heavy atom. The first-order chi connectivity index (χ1) is 8.10. The first-order valence-corrected chi connectivity index (χ1v) is 7.11. The van der Waals surface area contributed by atoms with Gasteiger partial charge < -0.3 is 14.8 Å². The van der Waals surface area contributed by atoms with E-state index in [9.17, 15) is 0 Å². The lowest BCUT2D eigenvalue weighted by Crippen LogP contribution is -2.36. The Kier molecular flexibility index (Phi) is 8.08. The van der Waals surface area contributed by atoms with E-state index in [-0.39, 0.29) is 11.1 Å². The van der Waals surface area contributed by atoms with Gasteiger partial charge in [0.05, 0.1) is 24.9 Å². The molecule has 3 nitrogen and oxygen atoms in total. The molecule has 110 valence electrons. The molecule has 0 aliphatic carbocycles. The van der Waals surface area contributed by atoms with Gasteiger partial charge >= 0.3 is 0 Å². The van der Waals surface area contributed by atoms with Crippen LogP contribution in [0.2, 0.25) is 0 Å². The Morgan fingerprint density at radius 3 is 2.11 bits per heavy atom. The monoisotopic (exact) mass is 259 g/mol. The second-order valence-electron chi connectivity index (χ2n) is 6.96. The lowest BCUT2D eigenvalue weighted by atomic mass is 10.1. The maximum atomic E-state index is 5.72. The average Bonchev–Trinajstić information content (AvgIpc) is 2.17. The minimum Gasteiger partial charge on any atom is -0.376 e. The lowest BCUT2D eigenvalue weighted by molar-refractivity contribution is -0.0497. The molecule has 0 spiro atoms. The predicted molar refractivity (Wildman–Crippen MR) is 78.1 cm³/mol. The molecule has 0 aromatic carbocycles. The van der Waals surface area contributed by atoms with Crippen LogP contribution >= 0.6 is 0 Å². The van der Waals surface area contributed by atoms with Crippen LogP contribution in [0.5, 0.6) is 0 Å². The molecule has 1 atom stereocenters. The van der Waals surface area contributed by atoms with Gasteiger partial charge in [0, 0.05) is 5.54 Å². The molecule has 0 amide bonds. The highest BCUT2D eigenvalue weighted by molar-refractivity contribution is 4.70. The fraction of sp³-hybridized carbons (Fsp3) is 1.00. The Balaban J connectivity index is 3.41. The normalized spacial score (nSPS) is 14.8. The second kappa shape index (κ2) is 8.13. The summed E-state index contributed by atoms with van der Waals surface area (Å²) in [6.07, 6.45) is 2.56. The van der Waals surface area contributed by atoms with Crippen molar-refractivity contribution < 1.29 is 9.47 Å². The van der Waals surface area contributed by atoms with Crippen molar-refractivity contribution in [3.8, 4) is 0 Å². The molecule has 0 saturated heterocycles. The summed E-state index contributed by atoms with van der Waals surface area (Å²) >= 11 is 0. The van der Waals surface area contributed by atoms with Crippen molar-refractivity contribution in [2.24, 2.45) is 0 Å². The third-order valence-corrected chi connectivity index (χ3v) is 2.46. The quantitative estimate of drug-likeness (QED) is 0.678. The van der Waals surface area contributed by atoms with Gasteiger partial charge in [-0.15, -0.1) is 0 Å². The van der Waals surface area contributed by atoms with E-state index in [2.05, 4.69) is 53.8 Å². The van der Waals surface area contributed by atoms with Crippen molar-refractivity contribution in [1.29, 1.82) is 0 Å². The number of hydrogen-bond acceptors (Lipinski definition) is 3. The molecule has 0 saturated carbocycles. The minimum absolute atomic E-state index is 0.0662. The molecule has 0 aliphatic heterocycles. The van der Waals surface area contributed by atoms with Gasteiger partial charge in [-0.3, -0.25) is 0 Å². The van der Waals surface area contributed by atoms with Gasteiger partial charge in [-0.2, -0.15) is 0 Å². The molecule has 0 aliphatic rings. The van der Waals surface area contributed by atoms with Crippen LogP contribution in [-0.2, 0) is 9.47 Å². The summed E-state index contributed by atoms with van der Waals surface area (Å²) in [7, 11) is 0. The van der Waals surface area contributed by atoms with E-state index in [0.717, 1.165) is 19.4 Å². The Hall–Kier alpha value is -0.120. The van der Waals surface area contributed by atoms with Crippen LogP contribution in [0, 0.1) is 0 Å². The van der Waals surface area contributed by atoms with Crippen LogP contribution in [0.3, 0.4) is 0 Å². The maximum Gasteiger partial charge on any atom is 0.0707 e. The van der Waals surface area contributed by atoms with E-state index in [1.165, 1.54) is 0 Å². The van der Waals surface area contributed by atoms with E-state index in [4.69, 9.17) is 9.47 Å². The number of ether oxygens (including phenoxy) is 2. The van der Waals surface area contributed by atoms with Crippen LogP contribution in [0.25, 0.3) is 0 Å². The SMILES string of the molecule is CC(CCCNC(C)(C)C)OCCOC(C)(C)C. The van der Waals surface area contributed by atoms with Crippen molar-refractivity contribution in [2.75, 3.05) is 19.8 Å². The highest BCUT2D eigenvalue weighted by Crippen LogP contribution is 2.07. The summed E-state index contributed by atoms with van der Waals surface area (Å²) in [5.41, 5.74) is 0.147. The van der Waals surface area contributed by atoms with Gasteiger partial charge in [0.25, 0.3) is 0 Å². The van der Waals surface area contributed by atoms with E-state index >= 15 is 0 Å². The largest absolute Gasteiger partial charge is 0.376 e. The van der Waals surface area contributed by atoms with Crippen LogP contribution in [-0.4, -0.2) is 37.0 Å². The molecule has 0 aromatic rings. The smallest absolute Gasteiger partial charge is 0.0707 e. The van der Waals surface area contributed by atoms with Crippen molar-refractivity contribution in [2.45, 2.75) is 78.6 Å². The molecule has 1 N–H and O–H groups in total. The van der Waals surface area contributed by atoms with Crippen molar-refractivity contribution in [1.82, 2.24) is 5.32 Å². The van der Waals surface area contributed by atoms with Crippen LogP contribution in [0.15, 0.2) is 0 Å². The predicted octanol–water partition coefficient (Wildman–Crippen LogP) is 3.37. The highest BCUT2D eigenvalue weighted by atomic mass is 16.5. The Labute approximate surface area is 114 Å². The third kappa shape index (κ3) is 13.9. The van der Waals surface area contributed by atoms with E-state index in [1.54, 1.807) is 0 Å². The fourth-order valence-electron chi connectivity index (χ4n) is 1.53. The van der Waals surface area contributed by atoms with Gasteiger partial charge in [0.15, 0.2) is 0 Å². The van der Waals surface area contributed by atoms with Crippen LogP contribution in [0.1, 0.15) is 61.3 Å². The first-order valence-electron chi connectivity index (χ1n) is 7.11. The van der Waals surface area contributed by atoms with Gasteiger partial charge in [0.2, 0.25) is 0 Å². The van der Waals surface area contributed by atoms with Crippen molar-refractivity contribution in [3.63, 3.8) is 0 Å². The van der Waals surface area contributed by atoms with Gasteiger partial charge in [-0.25, -0.2) is 0 Å². The molecule has 0 heterocycles. The number of nitrogens with one attached hydrogen (secondary N) is 1. The molecule has 0 aromatic heterocycles. The summed E-state index contributed by atoms with van der Waals surface area (Å²) in [6.45, 7) is 17.3. The summed E-state index contributed by atoms with van der Waals surface area (Å²) in [6, 6.07) is 0. The standard InChI is InChI=1S/C15H33NO2/c1-13(9-8-10-16-14(2,3)4)17-11-12-18-15(5,6)7/h13,16H,8-12H2,1-7H3. The Morgan fingerprint density at radius 2 is 1.61 bits per heavy atom. The van der Waals surface area contributed by atoms with E-state index < -0.39 is 0 Å². The topological polar surface area (TPSA) is 30.5 Å². The molecule has 0 bridgehead atoms. The zero-order chi connectivity index (χ0) is 14.2. The Bertz CT molecular complexity index is 182. The number of hydrogen-bond donors (Lipinski definition) is 1. The molecule has 0 rings (SSSR count). The fourth-order valence-corrected chi connectivity index (χ4v) is 1.53. The molecule has 1 unspecified atom stereocenters. The van der Waals surface area contributed by atoms with Crippen LogP contribution in [0.4, 0.5) is 0 Å². The molecular formula is C15H33NO2. The van der Waals surface area contributed by atoms with Crippen molar-refractivity contribution >= 4 is 0 Å². The maximum absolute atomic E-state index is 5.72. The molecule has 0 fully saturated rings. The first kappa shape index (κ1) is 17.9. The molecule has 3 heteroatoms. The average molecular weight is 259 g/mol. The minimum atomic E-state index is -0.0662. The summed E-state index contributed by atoms with van der Waals surface area (Å²) < 4.78 is 11.3. The van der Waals surface area contributed by atoms with E-state index in [0.29, 0.717) is 19.3 Å². The molecule has 18 heavy (non-hydrogen) atoms. The third-order valence-electron chi connectivity index (χ3n) is 2.46. The highest BCUT2D eigenvalue weighted by Gasteiger charge is 2.10. The zero-order valence-corrected chi connectivity index (χ0v) is 13.4. The molecule has 0 radical (unpaired) electrons. The van der Waals surface area contributed by atoms with Crippen LogP contribution < -0.4 is 5.32 Å². The van der Waals surface area contributed by atoms with Gasteiger partial charge in [-0.05, 0) is 67.9 Å². The van der Waals surface area contributed by atoms with E-state index in [1.807, 2.05) is 0 Å². The molecular weight excluding hydrogens is 226 g/mol. The number of rotatable bonds is 8. The summed E-state index contributed by atoms with van der Waals surface area (Å²) in [5.74, 6) is 0. The summed E-state index contributed by atoms with van der Waals surface area (Å²) in [4.78, 5) is 0. The zero-order valence-electron chi connectivity index (χ0n) is 13.4. The summed E-state index contributed by atoms with van der Waals surface area (Å²) in [5, 5.41) is 3.48. The second-order valence-corrected chi connectivity index (χ2v) is 6.96.